The maximum atomic E-state index is 13.4. The third-order valence-electron chi connectivity index (χ3n) is 10.6. The molecule has 2 N–H and O–H groups in total. The molecule has 0 aromatic rings. The van der Waals surface area contributed by atoms with Crippen LogP contribution >= 0.6 is 11.8 Å². The van der Waals surface area contributed by atoms with Gasteiger partial charge in [0.15, 0.2) is 0 Å². The number of thioether (sulfide) groups is 1. The van der Waals surface area contributed by atoms with E-state index >= 15 is 0 Å². The average Bonchev–Trinajstić information content (AvgIpc) is 2.96. The van der Waals surface area contributed by atoms with E-state index in [9.17, 15) is 19.8 Å². The van der Waals surface area contributed by atoms with Gasteiger partial charge in [-0.25, -0.2) is 0 Å². The molecule has 0 spiro atoms. The summed E-state index contributed by atoms with van der Waals surface area (Å²) >= 11 is 1.89. The van der Waals surface area contributed by atoms with Crippen LogP contribution in [-0.2, 0) is 19.1 Å². The van der Waals surface area contributed by atoms with Gasteiger partial charge in [0.1, 0.15) is 11.2 Å². The minimum absolute atomic E-state index is 0.254. The summed E-state index contributed by atoms with van der Waals surface area (Å²) in [6.07, 6.45) is 13.0. The SMILES string of the molecule is CC(C)[C@@H](CSC[C@@H](C[C@H](O)[C@H](CC1CCCCC1)C(=O)OC(C)(C)C)C(C)C)C[C@H](O)[C@H](CC1CCCCC1)C(=O)OC(C)(C)C. The molecule has 0 saturated heterocycles. The fourth-order valence-corrected chi connectivity index (χ4v) is 9.31. The number of carbonyl (C=O) groups is 2. The maximum Gasteiger partial charge on any atom is 0.312 e. The van der Waals surface area contributed by atoms with Crippen molar-refractivity contribution in [2.45, 2.75) is 183 Å². The third-order valence-corrected chi connectivity index (χ3v) is 11.9. The molecule has 7 heteroatoms. The molecular weight excluding hydrogens is 609 g/mol. The Morgan fingerprint density at radius 2 is 0.936 bits per heavy atom. The van der Waals surface area contributed by atoms with E-state index in [2.05, 4.69) is 27.7 Å². The first-order valence-corrected chi connectivity index (χ1v) is 20.4. The second-order valence-corrected chi connectivity index (χ2v) is 19.0. The molecule has 0 aliphatic heterocycles. The molecule has 2 rings (SSSR count). The average molecular weight is 683 g/mol. The quantitative estimate of drug-likeness (QED) is 0.139. The molecule has 0 bridgehead atoms. The van der Waals surface area contributed by atoms with E-state index in [1.807, 2.05) is 53.3 Å². The summed E-state index contributed by atoms with van der Waals surface area (Å²) in [6.45, 7) is 20.2. The predicted octanol–water partition coefficient (Wildman–Crippen LogP) is 9.62. The Kier molecular flexibility index (Phi) is 18.2. The molecule has 2 fully saturated rings. The Balaban J connectivity index is 2.06. The highest BCUT2D eigenvalue weighted by molar-refractivity contribution is 7.99. The van der Waals surface area contributed by atoms with Crippen LogP contribution in [0.2, 0.25) is 0 Å². The van der Waals surface area contributed by atoms with E-state index in [-0.39, 0.29) is 23.8 Å². The first-order valence-electron chi connectivity index (χ1n) is 19.3. The third kappa shape index (κ3) is 16.6. The minimum atomic E-state index is -0.725. The Hall–Kier alpha value is -0.790. The molecule has 0 amide bonds. The van der Waals surface area contributed by atoms with Gasteiger partial charge in [-0.1, -0.05) is 91.9 Å². The van der Waals surface area contributed by atoms with Crippen LogP contribution in [0.4, 0.5) is 0 Å². The molecule has 0 heterocycles. The van der Waals surface area contributed by atoms with Crippen LogP contribution in [0.3, 0.4) is 0 Å². The first-order chi connectivity index (χ1) is 21.9. The number of aliphatic hydroxyl groups excluding tert-OH is 2. The van der Waals surface area contributed by atoms with Crippen LogP contribution in [0.1, 0.15) is 159 Å². The standard InChI is InChI=1S/C40H74O6S/c1-27(2)31(23-35(41)33(37(43)45-39(5,6)7)21-29-17-13-11-14-18-29)25-47-26-32(28(3)4)24-36(42)34(38(44)46-40(8,9)10)22-30-19-15-12-16-20-30/h27-36,41-42H,11-26H2,1-10H3/t31-,32-,33+,34+,35+,36+/m1/s1. The van der Waals surface area contributed by atoms with Gasteiger partial charge in [-0.2, -0.15) is 11.8 Å². The molecule has 2 aliphatic rings. The first kappa shape index (κ1) is 42.4. The normalized spacial score (nSPS) is 21.2. The number of esters is 2. The summed E-state index contributed by atoms with van der Waals surface area (Å²) in [5.41, 5.74) is -1.16. The van der Waals surface area contributed by atoms with Crippen LogP contribution in [0, 0.1) is 47.3 Å². The van der Waals surface area contributed by atoms with Crippen LogP contribution < -0.4 is 0 Å². The molecule has 0 aromatic carbocycles. The van der Waals surface area contributed by atoms with E-state index in [4.69, 9.17) is 9.47 Å². The summed E-state index contributed by atoms with van der Waals surface area (Å²) in [7, 11) is 0. The van der Waals surface area contributed by atoms with Gasteiger partial charge in [0.2, 0.25) is 0 Å². The number of aliphatic hydroxyl groups is 2. The molecule has 47 heavy (non-hydrogen) atoms. The van der Waals surface area contributed by atoms with Crippen molar-refractivity contribution >= 4 is 23.7 Å². The summed E-state index contributed by atoms with van der Waals surface area (Å²) in [5.74, 6) is 2.46. The van der Waals surface area contributed by atoms with Crippen molar-refractivity contribution in [3.05, 3.63) is 0 Å². The maximum absolute atomic E-state index is 13.4. The van der Waals surface area contributed by atoms with Crippen molar-refractivity contribution in [1.29, 1.82) is 0 Å². The summed E-state index contributed by atoms with van der Waals surface area (Å²) in [6, 6.07) is 0. The lowest BCUT2D eigenvalue weighted by Crippen LogP contribution is -2.38. The minimum Gasteiger partial charge on any atom is -0.460 e. The van der Waals surface area contributed by atoms with Crippen LogP contribution in [-0.4, -0.2) is 57.1 Å². The molecule has 276 valence electrons. The zero-order valence-electron chi connectivity index (χ0n) is 32.0. The second kappa shape index (κ2) is 20.2. The fourth-order valence-electron chi connectivity index (χ4n) is 7.52. The lowest BCUT2D eigenvalue weighted by atomic mass is 9.78. The number of hydrogen-bond acceptors (Lipinski definition) is 7. The van der Waals surface area contributed by atoms with Crippen molar-refractivity contribution in [2.75, 3.05) is 11.5 Å². The fraction of sp³-hybridized carbons (Fsp3) is 0.950. The molecule has 0 radical (unpaired) electrons. The zero-order valence-corrected chi connectivity index (χ0v) is 32.8. The van der Waals surface area contributed by atoms with Crippen molar-refractivity contribution in [3.8, 4) is 0 Å². The highest BCUT2D eigenvalue weighted by Gasteiger charge is 2.37. The van der Waals surface area contributed by atoms with Crippen LogP contribution in [0.25, 0.3) is 0 Å². The van der Waals surface area contributed by atoms with Crippen LogP contribution in [0.15, 0.2) is 0 Å². The van der Waals surface area contributed by atoms with Gasteiger partial charge in [0.25, 0.3) is 0 Å². The number of rotatable bonds is 18. The highest BCUT2D eigenvalue weighted by atomic mass is 32.2. The van der Waals surface area contributed by atoms with Gasteiger partial charge in [0, 0.05) is 0 Å². The van der Waals surface area contributed by atoms with Gasteiger partial charge in [-0.3, -0.25) is 9.59 Å². The lowest BCUT2D eigenvalue weighted by molar-refractivity contribution is -0.166. The second-order valence-electron chi connectivity index (χ2n) is 17.9. The highest BCUT2D eigenvalue weighted by Crippen LogP contribution is 2.36. The Morgan fingerprint density at radius 3 is 1.21 bits per heavy atom. The summed E-state index contributed by atoms with van der Waals surface area (Å²) < 4.78 is 11.7. The van der Waals surface area contributed by atoms with Crippen molar-refractivity contribution < 1.29 is 29.3 Å². The lowest BCUT2D eigenvalue weighted by Gasteiger charge is -2.33. The molecule has 0 aromatic heterocycles. The molecule has 0 unspecified atom stereocenters. The molecular formula is C40H74O6S. The Morgan fingerprint density at radius 1 is 0.617 bits per heavy atom. The Bertz CT molecular complexity index is 821. The topological polar surface area (TPSA) is 93.1 Å². The van der Waals surface area contributed by atoms with E-state index in [0.717, 1.165) is 37.2 Å². The number of hydrogen-bond donors (Lipinski definition) is 2. The zero-order chi connectivity index (χ0) is 35.4. The van der Waals surface area contributed by atoms with Crippen molar-refractivity contribution in [1.82, 2.24) is 0 Å². The van der Waals surface area contributed by atoms with Gasteiger partial charge >= 0.3 is 11.9 Å². The summed E-state index contributed by atoms with van der Waals surface area (Å²) in [4.78, 5) is 26.7. The molecule has 6 nitrogen and oxygen atoms in total. The molecule has 2 saturated carbocycles. The largest absolute Gasteiger partial charge is 0.460 e. The summed E-state index contributed by atoms with van der Waals surface area (Å²) in [5, 5.41) is 23.2. The van der Waals surface area contributed by atoms with E-state index in [0.29, 0.717) is 49.4 Å². The van der Waals surface area contributed by atoms with Gasteiger partial charge in [0.05, 0.1) is 24.0 Å². The van der Waals surface area contributed by atoms with Crippen molar-refractivity contribution in [2.24, 2.45) is 47.3 Å². The van der Waals surface area contributed by atoms with Gasteiger partial charge in [-0.15, -0.1) is 0 Å². The van der Waals surface area contributed by atoms with Crippen molar-refractivity contribution in [3.63, 3.8) is 0 Å². The Labute approximate surface area is 293 Å². The van der Waals surface area contributed by atoms with Crippen LogP contribution in [0.5, 0.6) is 0 Å². The number of ether oxygens (including phenoxy) is 2. The van der Waals surface area contributed by atoms with E-state index < -0.39 is 35.2 Å². The smallest absolute Gasteiger partial charge is 0.312 e. The van der Waals surface area contributed by atoms with E-state index in [1.165, 1.54) is 38.5 Å². The molecule has 2 aliphatic carbocycles. The monoisotopic (exact) mass is 683 g/mol. The van der Waals surface area contributed by atoms with E-state index in [1.54, 1.807) is 0 Å². The molecule has 6 atom stereocenters. The number of carbonyl (C=O) groups excluding carboxylic acids is 2. The van der Waals surface area contributed by atoms with Gasteiger partial charge < -0.3 is 19.7 Å². The van der Waals surface area contributed by atoms with Gasteiger partial charge in [-0.05, 0) is 114 Å². The predicted molar refractivity (Wildman–Crippen MR) is 196 cm³/mol.